The third kappa shape index (κ3) is 4.77. The van der Waals surface area contributed by atoms with Crippen LogP contribution in [0, 0.1) is 0 Å². The molecule has 0 aliphatic rings. The fraction of sp³-hybridized carbons (Fsp3) is 0.750. The summed E-state index contributed by atoms with van der Waals surface area (Å²) in [7, 11) is 0. The molecule has 0 aliphatic carbocycles. The van der Waals surface area contributed by atoms with E-state index < -0.39 is 17.2 Å². The highest BCUT2D eigenvalue weighted by molar-refractivity contribution is 5.86. The number of hydrogen-bond acceptors (Lipinski definition) is 4. The summed E-state index contributed by atoms with van der Waals surface area (Å²) in [5, 5.41) is 19.6. The van der Waals surface area contributed by atoms with Crippen molar-refractivity contribution >= 4 is 5.97 Å². The van der Waals surface area contributed by atoms with E-state index in [1.165, 1.54) is 0 Å². The summed E-state index contributed by atoms with van der Waals surface area (Å²) in [6, 6.07) is 0. The van der Waals surface area contributed by atoms with Gasteiger partial charge in [-0.15, -0.1) is 0 Å². The zero-order chi connectivity index (χ0) is 13.0. The third-order valence-electron chi connectivity index (χ3n) is 2.71. The minimum atomic E-state index is -1.19. The predicted octanol–water partition coefficient (Wildman–Crippen LogP) is 1.41. The number of esters is 1. The zero-order valence-electron chi connectivity index (χ0n) is 10.5. The van der Waals surface area contributed by atoms with Crippen LogP contribution in [0.4, 0.5) is 0 Å². The van der Waals surface area contributed by atoms with Gasteiger partial charge in [0.25, 0.3) is 0 Å². The van der Waals surface area contributed by atoms with Crippen LogP contribution in [0.5, 0.6) is 0 Å². The molecule has 16 heavy (non-hydrogen) atoms. The van der Waals surface area contributed by atoms with Gasteiger partial charge in [-0.2, -0.15) is 0 Å². The zero-order valence-corrected chi connectivity index (χ0v) is 10.5. The van der Waals surface area contributed by atoms with Crippen molar-refractivity contribution < 1.29 is 19.7 Å². The first-order valence-corrected chi connectivity index (χ1v) is 5.35. The van der Waals surface area contributed by atoms with E-state index in [1.807, 2.05) is 0 Å². The maximum absolute atomic E-state index is 11.0. The van der Waals surface area contributed by atoms with Gasteiger partial charge >= 0.3 is 5.97 Å². The van der Waals surface area contributed by atoms with Gasteiger partial charge in [-0.25, -0.2) is 4.79 Å². The van der Waals surface area contributed by atoms with Crippen LogP contribution in [0.3, 0.4) is 0 Å². The van der Waals surface area contributed by atoms with Crippen LogP contribution in [0.25, 0.3) is 0 Å². The summed E-state index contributed by atoms with van der Waals surface area (Å²) in [6.45, 7) is 9.92. The minimum Gasteiger partial charge on any atom is -0.462 e. The molecule has 0 rings (SSSR count). The lowest BCUT2D eigenvalue weighted by atomic mass is 9.84. The van der Waals surface area contributed by atoms with E-state index in [4.69, 9.17) is 4.74 Å². The molecule has 0 aliphatic heterocycles. The van der Waals surface area contributed by atoms with E-state index in [2.05, 4.69) is 6.58 Å². The summed E-state index contributed by atoms with van der Waals surface area (Å²) in [5.74, 6) is -0.428. The van der Waals surface area contributed by atoms with Crippen molar-refractivity contribution in [2.75, 3.05) is 6.61 Å². The van der Waals surface area contributed by atoms with Crippen LogP contribution in [-0.2, 0) is 9.53 Å². The molecule has 4 heteroatoms. The summed E-state index contributed by atoms with van der Waals surface area (Å²) in [4.78, 5) is 11.0. The fourth-order valence-corrected chi connectivity index (χ4v) is 1.01. The van der Waals surface area contributed by atoms with Gasteiger partial charge in [0, 0.05) is 5.57 Å². The van der Waals surface area contributed by atoms with Crippen molar-refractivity contribution in [1.82, 2.24) is 0 Å². The second kappa shape index (κ2) is 5.46. The highest BCUT2D eigenvalue weighted by Crippen LogP contribution is 2.25. The molecule has 0 spiro atoms. The molecule has 1 unspecified atom stereocenters. The number of carbonyl (C=O) groups excluding carboxylic acids is 1. The number of carbonyl (C=O) groups is 1. The molecule has 0 fully saturated rings. The van der Waals surface area contributed by atoms with Crippen LogP contribution >= 0.6 is 0 Å². The lowest BCUT2D eigenvalue weighted by molar-refractivity contribution is -0.141. The van der Waals surface area contributed by atoms with Gasteiger partial charge in [0.15, 0.2) is 0 Å². The molecule has 94 valence electrons. The predicted molar refractivity (Wildman–Crippen MR) is 61.9 cm³/mol. The van der Waals surface area contributed by atoms with Gasteiger partial charge in [-0.3, -0.25) is 0 Å². The first-order valence-electron chi connectivity index (χ1n) is 5.35. The van der Waals surface area contributed by atoms with Crippen molar-refractivity contribution in [3.05, 3.63) is 12.2 Å². The number of aliphatic hydroxyl groups is 2. The second-order valence-corrected chi connectivity index (χ2v) is 4.85. The first-order chi connectivity index (χ1) is 7.08. The lowest BCUT2D eigenvalue weighted by Gasteiger charge is -2.35. The van der Waals surface area contributed by atoms with Crippen molar-refractivity contribution in [3.63, 3.8) is 0 Å². The number of ether oxygens (including phenoxy) is 1. The number of hydrogen-bond donors (Lipinski definition) is 2. The highest BCUT2D eigenvalue weighted by atomic mass is 16.5. The minimum absolute atomic E-state index is 0.220. The Labute approximate surface area is 96.9 Å². The average molecular weight is 230 g/mol. The Kier molecular flexibility index (Phi) is 5.16. The molecular weight excluding hydrogens is 208 g/mol. The molecule has 0 amide bonds. The van der Waals surface area contributed by atoms with Gasteiger partial charge in [-0.05, 0) is 40.5 Å². The molecule has 0 aromatic rings. The van der Waals surface area contributed by atoms with E-state index in [1.54, 1.807) is 27.7 Å². The molecule has 0 heterocycles. The maximum atomic E-state index is 11.0. The summed E-state index contributed by atoms with van der Waals surface area (Å²) in [6.07, 6.45) is 0.857. The standard InChI is InChI=1S/C12H22O4/c1-9(2)10(13)16-8-6-7-12(5,15)11(3,4)14/h14-15H,1,6-8H2,2-5H3. The van der Waals surface area contributed by atoms with Crippen molar-refractivity contribution in [1.29, 1.82) is 0 Å². The Morgan fingerprint density at radius 1 is 1.31 bits per heavy atom. The first kappa shape index (κ1) is 15.1. The average Bonchev–Trinajstić information content (AvgIpc) is 2.09. The van der Waals surface area contributed by atoms with Crippen molar-refractivity contribution in [2.45, 2.75) is 51.7 Å². The highest BCUT2D eigenvalue weighted by Gasteiger charge is 2.36. The van der Waals surface area contributed by atoms with Crippen molar-refractivity contribution in [3.8, 4) is 0 Å². The number of rotatable bonds is 6. The Morgan fingerprint density at radius 3 is 2.19 bits per heavy atom. The second-order valence-electron chi connectivity index (χ2n) is 4.85. The van der Waals surface area contributed by atoms with E-state index in [0.717, 1.165) is 0 Å². The van der Waals surface area contributed by atoms with E-state index in [-0.39, 0.29) is 6.61 Å². The van der Waals surface area contributed by atoms with E-state index in [0.29, 0.717) is 18.4 Å². The third-order valence-corrected chi connectivity index (χ3v) is 2.71. The van der Waals surface area contributed by atoms with Gasteiger partial charge in [0.1, 0.15) is 0 Å². The molecule has 0 aromatic heterocycles. The van der Waals surface area contributed by atoms with Crippen LogP contribution in [-0.4, -0.2) is 34.0 Å². The Morgan fingerprint density at radius 2 is 1.81 bits per heavy atom. The van der Waals surface area contributed by atoms with Crippen LogP contribution < -0.4 is 0 Å². The normalized spacial score (nSPS) is 15.4. The van der Waals surface area contributed by atoms with Gasteiger partial charge in [0.2, 0.25) is 0 Å². The summed E-state index contributed by atoms with van der Waals surface area (Å²) >= 11 is 0. The van der Waals surface area contributed by atoms with Crippen LogP contribution in [0.1, 0.15) is 40.5 Å². The molecular formula is C12H22O4. The molecule has 0 aromatic carbocycles. The molecule has 1 atom stereocenters. The molecule has 0 bridgehead atoms. The summed E-state index contributed by atoms with van der Waals surface area (Å²) in [5.41, 5.74) is -2.01. The molecule has 4 nitrogen and oxygen atoms in total. The molecule has 0 saturated carbocycles. The van der Waals surface area contributed by atoms with E-state index >= 15 is 0 Å². The van der Waals surface area contributed by atoms with E-state index in [9.17, 15) is 15.0 Å². The van der Waals surface area contributed by atoms with Crippen LogP contribution in [0.2, 0.25) is 0 Å². The largest absolute Gasteiger partial charge is 0.462 e. The quantitative estimate of drug-likeness (QED) is 0.411. The van der Waals surface area contributed by atoms with Crippen molar-refractivity contribution in [2.24, 2.45) is 0 Å². The summed E-state index contributed by atoms with van der Waals surface area (Å²) < 4.78 is 4.88. The maximum Gasteiger partial charge on any atom is 0.333 e. The Hall–Kier alpha value is -0.870. The van der Waals surface area contributed by atoms with Crippen LogP contribution in [0.15, 0.2) is 12.2 Å². The Bertz CT molecular complexity index is 261. The SMILES string of the molecule is C=C(C)C(=O)OCCCC(C)(O)C(C)(C)O. The lowest BCUT2D eigenvalue weighted by Crippen LogP contribution is -2.47. The molecule has 0 radical (unpaired) electrons. The smallest absolute Gasteiger partial charge is 0.333 e. The van der Waals surface area contributed by atoms with Gasteiger partial charge in [0.05, 0.1) is 17.8 Å². The Balaban J connectivity index is 3.92. The topological polar surface area (TPSA) is 66.8 Å². The fourth-order valence-electron chi connectivity index (χ4n) is 1.01. The monoisotopic (exact) mass is 230 g/mol. The van der Waals surface area contributed by atoms with Gasteiger partial charge < -0.3 is 14.9 Å². The molecule has 2 N–H and O–H groups in total. The van der Waals surface area contributed by atoms with Gasteiger partial charge in [-0.1, -0.05) is 6.58 Å². The molecule has 0 saturated heterocycles.